The van der Waals surface area contributed by atoms with E-state index in [1.165, 1.54) is 4.57 Å². The Bertz CT molecular complexity index is 1160. The zero-order valence-corrected chi connectivity index (χ0v) is 14.0. The maximum absolute atomic E-state index is 13.1. The monoisotopic (exact) mass is 348 g/mol. The van der Waals surface area contributed by atoms with Crippen molar-refractivity contribution in [3.8, 4) is 11.4 Å². The van der Waals surface area contributed by atoms with Crippen molar-refractivity contribution in [2.75, 3.05) is 12.5 Å². The number of methoxy groups -OCH3 is 1. The molecule has 2 aromatic carbocycles. The molecule has 130 valence electrons. The average Bonchev–Trinajstić information content (AvgIpc) is 3.21. The number of para-hydroxylation sites is 1. The Morgan fingerprint density at radius 1 is 1.08 bits per heavy atom. The first-order valence-corrected chi connectivity index (χ1v) is 7.90. The van der Waals surface area contributed by atoms with Gasteiger partial charge in [-0.1, -0.05) is 30.3 Å². The molecule has 0 saturated heterocycles. The summed E-state index contributed by atoms with van der Waals surface area (Å²) in [4.78, 5) is 13.1. The summed E-state index contributed by atoms with van der Waals surface area (Å²) in [5.41, 5.74) is 3.81. The Morgan fingerprint density at radius 3 is 2.46 bits per heavy atom. The molecule has 26 heavy (non-hydrogen) atoms. The molecule has 0 radical (unpaired) electrons. The predicted molar refractivity (Wildman–Crippen MR) is 98.2 cm³/mol. The normalized spacial score (nSPS) is 11.8. The van der Waals surface area contributed by atoms with Crippen LogP contribution in [-0.4, -0.2) is 26.3 Å². The molecule has 0 spiro atoms. The summed E-state index contributed by atoms with van der Waals surface area (Å²) < 4.78 is 8.27. The van der Waals surface area contributed by atoms with Crippen molar-refractivity contribution in [2.45, 2.75) is 0 Å². The molecule has 8 nitrogen and oxygen atoms in total. The zero-order chi connectivity index (χ0) is 18.1. The molecule has 4 aromatic rings. The fourth-order valence-electron chi connectivity index (χ4n) is 2.83. The van der Waals surface area contributed by atoms with E-state index in [1.54, 1.807) is 17.6 Å². The first-order valence-electron chi connectivity index (χ1n) is 7.90. The number of nitrogen functional groups attached to an aromatic ring is 1. The maximum atomic E-state index is 13.1. The second kappa shape index (κ2) is 6.34. The van der Waals surface area contributed by atoms with Crippen molar-refractivity contribution in [3.63, 3.8) is 0 Å². The van der Waals surface area contributed by atoms with Gasteiger partial charge in [0.1, 0.15) is 11.1 Å². The number of anilines is 1. The molecule has 0 bridgehead atoms. The topological polar surface area (TPSA) is 99.5 Å². The van der Waals surface area contributed by atoms with E-state index in [4.69, 9.17) is 10.6 Å². The smallest absolute Gasteiger partial charge is 0.282 e. The van der Waals surface area contributed by atoms with Gasteiger partial charge in [0.2, 0.25) is 11.7 Å². The van der Waals surface area contributed by atoms with Gasteiger partial charge < -0.3 is 4.74 Å². The lowest BCUT2D eigenvalue weighted by atomic mass is 10.2. The number of nitrogens with one attached hydrogen (secondary N) is 1. The number of fused-ring (bicyclic) bond motifs is 1. The Morgan fingerprint density at radius 2 is 1.81 bits per heavy atom. The quantitative estimate of drug-likeness (QED) is 0.416. The number of imidazole rings is 1. The zero-order valence-electron chi connectivity index (χ0n) is 14.0. The molecule has 2 heterocycles. The van der Waals surface area contributed by atoms with Crippen LogP contribution in [0.2, 0.25) is 0 Å². The minimum Gasteiger partial charge on any atom is -0.497 e. The van der Waals surface area contributed by atoms with Crippen LogP contribution in [0.5, 0.6) is 5.75 Å². The highest BCUT2D eigenvalue weighted by Gasteiger charge is 2.17. The first kappa shape index (κ1) is 15.9. The van der Waals surface area contributed by atoms with Crippen LogP contribution in [-0.2, 0) is 0 Å². The van der Waals surface area contributed by atoms with E-state index in [-0.39, 0.29) is 11.5 Å². The number of benzene rings is 2. The van der Waals surface area contributed by atoms with E-state index >= 15 is 0 Å². The van der Waals surface area contributed by atoms with Gasteiger partial charge in [0.05, 0.1) is 12.8 Å². The number of hydrazine groups is 1. The van der Waals surface area contributed by atoms with Crippen molar-refractivity contribution < 1.29 is 4.74 Å². The number of nitrogens with two attached hydrogens (primary N) is 1. The van der Waals surface area contributed by atoms with Crippen LogP contribution in [0.15, 0.2) is 59.4 Å². The van der Waals surface area contributed by atoms with Gasteiger partial charge in [-0.05, 0) is 35.9 Å². The summed E-state index contributed by atoms with van der Waals surface area (Å²) in [7, 11) is 1.61. The van der Waals surface area contributed by atoms with Gasteiger partial charge in [0.15, 0.2) is 0 Å². The summed E-state index contributed by atoms with van der Waals surface area (Å²) in [5, 5.41) is 8.51. The third kappa shape index (κ3) is 2.49. The van der Waals surface area contributed by atoms with Crippen molar-refractivity contribution in [3.05, 3.63) is 75.9 Å². The second-order valence-corrected chi connectivity index (χ2v) is 5.58. The van der Waals surface area contributed by atoms with E-state index < -0.39 is 0 Å². The lowest BCUT2D eigenvalue weighted by Crippen LogP contribution is -2.31. The average molecular weight is 348 g/mol. The predicted octanol–water partition coefficient (Wildman–Crippen LogP) is 0.722. The van der Waals surface area contributed by atoms with Crippen LogP contribution < -0.4 is 26.9 Å². The van der Waals surface area contributed by atoms with E-state index in [2.05, 4.69) is 15.6 Å². The molecule has 2 aromatic heterocycles. The molecule has 0 unspecified atom stereocenters. The lowest BCUT2D eigenvalue weighted by molar-refractivity contribution is 0.415. The van der Waals surface area contributed by atoms with Crippen LogP contribution in [0.25, 0.3) is 17.5 Å². The van der Waals surface area contributed by atoms with Gasteiger partial charge in [-0.25, -0.2) is 14.8 Å². The van der Waals surface area contributed by atoms with Crippen LogP contribution >= 0.6 is 0 Å². The van der Waals surface area contributed by atoms with E-state index in [0.29, 0.717) is 16.8 Å². The van der Waals surface area contributed by atoms with Crippen LogP contribution in [0.4, 0.5) is 5.95 Å². The molecule has 0 atom stereocenters. The van der Waals surface area contributed by atoms with E-state index in [1.807, 2.05) is 54.6 Å². The molecular weight excluding hydrogens is 332 g/mol. The number of aromatic nitrogens is 4. The molecule has 4 rings (SSSR count). The Hall–Kier alpha value is -3.65. The molecule has 8 heteroatoms. The number of hydrogen-bond acceptors (Lipinski definition) is 6. The summed E-state index contributed by atoms with van der Waals surface area (Å²) >= 11 is 0. The summed E-state index contributed by atoms with van der Waals surface area (Å²) in [5.74, 6) is 6.95. The van der Waals surface area contributed by atoms with Crippen LogP contribution in [0.3, 0.4) is 0 Å². The van der Waals surface area contributed by atoms with Crippen molar-refractivity contribution >= 4 is 17.8 Å². The number of hydrogen-bond donors (Lipinski definition) is 2. The molecule has 0 aliphatic heterocycles. The fourth-order valence-corrected chi connectivity index (χ4v) is 2.83. The summed E-state index contributed by atoms with van der Waals surface area (Å²) in [6.07, 6.45) is 1.76. The van der Waals surface area contributed by atoms with Gasteiger partial charge in [0.25, 0.3) is 5.56 Å². The maximum Gasteiger partial charge on any atom is 0.282 e. The van der Waals surface area contributed by atoms with Crippen molar-refractivity contribution in [1.29, 1.82) is 0 Å². The number of rotatable bonds is 4. The summed E-state index contributed by atoms with van der Waals surface area (Å²) in [6.45, 7) is 0. The molecule has 0 aliphatic rings. The lowest BCUT2D eigenvalue weighted by Gasteiger charge is -1.99. The van der Waals surface area contributed by atoms with Gasteiger partial charge >= 0.3 is 0 Å². The van der Waals surface area contributed by atoms with Gasteiger partial charge in [-0.2, -0.15) is 0 Å². The molecule has 0 saturated carbocycles. The highest BCUT2D eigenvalue weighted by atomic mass is 16.5. The summed E-state index contributed by atoms with van der Waals surface area (Å²) in [6, 6.07) is 16.7. The molecule has 0 aliphatic carbocycles. The number of ether oxygens (including phenoxy) is 1. The fraction of sp³-hybridized carbons (Fsp3) is 0.0556. The Labute approximate surface area is 148 Å². The molecule has 0 amide bonds. The molecule has 0 fully saturated rings. The van der Waals surface area contributed by atoms with Gasteiger partial charge in [-0.3, -0.25) is 10.2 Å². The van der Waals surface area contributed by atoms with Gasteiger partial charge in [0, 0.05) is 0 Å². The Kier molecular flexibility index (Phi) is 3.86. The minimum absolute atomic E-state index is 0.214. The molecular formula is C18H16N6O2. The first-order chi connectivity index (χ1) is 12.7. The van der Waals surface area contributed by atoms with E-state index in [0.717, 1.165) is 11.3 Å². The standard InChI is InChI=1S/C18H16N6O2/c1-26-14-9-7-12(8-10-14)11-15-16(25)23(13-5-3-2-4-6-13)18-22-21-17(20-19)24(15)18/h2-11H,19H2,1H3,(H,20,21)/b15-11+. The van der Waals surface area contributed by atoms with Crippen molar-refractivity contribution in [1.82, 2.24) is 19.2 Å². The van der Waals surface area contributed by atoms with Gasteiger partial charge in [-0.15, -0.1) is 10.2 Å². The second-order valence-electron chi connectivity index (χ2n) is 5.58. The highest BCUT2D eigenvalue weighted by molar-refractivity contribution is 5.55. The third-order valence-electron chi connectivity index (χ3n) is 4.07. The van der Waals surface area contributed by atoms with E-state index in [9.17, 15) is 4.79 Å². The minimum atomic E-state index is -0.214. The van der Waals surface area contributed by atoms with Crippen LogP contribution in [0.1, 0.15) is 5.56 Å². The third-order valence-corrected chi connectivity index (χ3v) is 4.07. The number of nitrogens with zero attached hydrogens (tertiary/aromatic N) is 4. The van der Waals surface area contributed by atoms with Crippen LogP contribution in [0, 0.1) is 0 Å². The SMILES string of the molecule is COc1ccc(/C=c2\c(=O)n(-c3ccccc3)c3nnc(NN)n23)cc1. The van der Waals surface area contributed by atoms with Crippen molar-refractivity contribution in [2.24, 2.45) is 5.84 Å². The Balaban J connectivity index is 2.02. The highest BCUT2D eigenvalue weighted by Crippen LogP contribution is 2.13. The largest absolute Gasteiger partial charge is 0.497 e. The molecule has 3 N–H and O–H groups in total.